The summed E-state index contributed by atoms with van der Waals surface area (Å²) in [7, 11) is 0. The second-order valence-corrected chi connectivity index (χ2v) is 4.95. The van der Waals surface area contributed by atoms with Crippen molar-refractivity contribution in [1.29, 1.82) is 0 Å². The number of rotatable bonds is 7. The first-order valence-corrected chi connectivity index (χ1v) is 6.08. The van der Waals surface area contributed by atoms with Crippen LogP contribution in [-0.2, 0) is 9.59 Å². The molecule has 100 valence electrons. The molecule has 5 heteroatoms. The fourth-order valence-electron chi connectivity index (χ4n) is 1.56. The van der Waals surface area contributed by atoms with Crippen LogP contribution in [0.1, 0.15) is 40.5 Å². The normalized spacial score (nSPS) is 16.4. The average molecular weight is 244 g/mol. The molecule has 0 spiro atoms. The summed E-state index contributed by atoms with van der Waals surface area (Å²) >= 11 is 0. The van der Waals surface area contributed by atoms with Gasteiger partial charge in [-0.25, -0.2) is 4.79 Å². The van der Waals surface area contributed by atoms with Crippen LogP contribution >= 0.6 is 0 Å². The summed E-state index contributed by atoms with van der Waals surface area (Å²) in [6.45, 7) is 7.63. The Balaban J connectivity index is 4.45. The van der Waals surface area contributed by atoms with Crippen LogP contribution in [0.15, 0.2) is 0 Å². The Morgan fingerprint density at radius 2 is 1.82 bits per heavy atom. The van der Waals surface area contributed by atoms with E-state index in [9.17, 15) is 9.59 Å². The molecule has 0 bridgehead atoms. The van der Waals surface area contributed by atoms with Gasteiger partial charge in [0.1, 0.15) is 6.04 Å². The summed E-state index contributed by atoms with van der Waals surface area (Å²) in [4.78, 5) is 22.7. The van der Waals surface area contributed by atoms with Gasteiger partial charge in [-0.3, -0.25) is 4.79 Å². The maximum atomic E-state index is 11.7. The third-order valence-electron chi connectivity index (χ3n) is 2.84. The number of carbonyl (C=O) groups is 2. The molecule has 0 aromatic heterocycles. The Morgan fingerprint density at radius 3 is 2.18 bits per heavy atom. The maximum absolute atomic E-state index is 11.7. The minimum Gasteiger partial charge on any atom is -0.480 e. The smallest absolute Gasteiger partial charge is 0.326 e. The van der Waals surface area contributed by atoms with Gasteiger partial charge in [0.05, 0.1) is 6.04 Å². The number of carboxylic acids is 1. The first-order valence-electron chi connectivity index (χ1n) is 6.08. The number of hydrogen-bond acceptors (Lipinski definition) is 3. The van der Waals surface area contributed by atoms with Crippen LogP contribution in [0.5, 0.6) is 0 Å². The number of amides is 1. The number of nitrogens with one attached hydrogen (secondary N) is 1. The van der Waals surface area contributed by atoms with Crippen molar-refractivity contribution in [3.63, 3.8) is 0 Å². The van der Waals surface area contributed by atoms with E-state index in [0.29, 0.717) is 18.8 Å². The number of carbonyl (C=O) groups excluding carboxylic acids is 1. The van der Waals surface area contributed by atoms with E-state index in [-0.39, 0.29) is 11.8 Å². The summed E-state index contributed by atoms with van der Waals surface area (Å²) in [6.07, 6.45) is 1.25. The predicted molar refractivity (Wildman–Crippen MR) is 66.5 cm³/mol. The Labute approximate surface area is 103 Å². The molecular weight excluding hydrogens is 220 g/mol. The standard InChI is InChI=1S/C12H24N2O3/c1-5-8(4)10(12(16)17)14-11(15)9(13)6-7(2)3/h7-10H,5-6,13H2,1-4H3,(H,14,15)(H,16,17)/t8-,9+,10+/m1/s1. The summed E-state index contributed by atoms with van der Waals surface area (Å²) in [6, 6.07) is -1.49. The zero-order chi connectivity index (χ0) is 13.6. The minimum absolute atomic E-state index is 0.109. The van der Waals surface area contributed by atoms with Crippen molar-refractivity contribution in [2.75, 3.05) is 0 Å². The van der Waals surface area contributed by atoms with Crippen molar-refractivity contribution in [3.8, 4) is 0 Å². The molecule has 0 aromatic rings. The molecule has 0 saturated heterocycles. The van der Waals surface area contributed by atoms with Crippen LogP contribution in [-0.4, -0.2) is 29.1 Å². The summed E-state index contributed by atoms with van der Waals surface area (Å²) in [5.74, 6) is -1.19. The molecule has 17 heavy (non-hydrogen) atoms. The maximum Gasteiger partial charge on any atom is 0.326 e. The van der Waals surface area contributed by atoms with Crippen molar-refractivity contribution in [1.82, 2.24) is 5.32 Å². The van der Waals surface area contributed by atoms with Gasteiger partial charge in [0.25, 0.3) is 0 Å². The highest BCUT2D eigenvalue weighted by Gasteiger charge is 2.27. The zero-order valence-corrected chi connectivity index (χ0v) is 11.1. The van der Waals surface area contributed by atoms with Gasteiger partial charge in [-0.05, 0) is 18.3 Å². The molecule has 0 aromatic carbocycles. The lowest BCUT2D eigenvalue weighted by Crippen LogP contribution is -2.51. The molecule has 3 atom stereocenters. The van der Waals surface area contributed by atoms with Crippen LogP contribution < -0.4 is 11.1 Å². The van der Waals surface area contributed by atoms with Crippen LogP contribution in [0.2, 0.25) is 0 Å². The second kappa shape index (κ2) is 7.27. The number of aliphatic carboxylic acids is 1. The van der Waals surface area contributed by atoms with Gasteiger partial charge in [0.15, 0.2) is 0 Å². The fourth-order valence-corrected chi connectivity index (χ4v) is 1.56. The van der Waals surface area contributed by atoms with Crippen molar-refractivity contribution in [2.24, 2.45) is 17.6 Å². The van der Waals surface area contributed by atoms with E-state index in [1.807, 2.05) is 20.8 Å². The quantitative estimate of drug-likeness (QED) is 0.622. The lowest BCUT2D eigenvalue weighted by Gasteiger charge is -2.22. The van der Waals surface area contributed by atoms with Crippen LogP contribution in [0, 0.1) is 11.8 Å². The highest BCUT2D eigenvalue weighted by atomic mass is 16.4. The summed E-state index contributed by atoms with van der Waals surface area (Å²) in [5, 5.41) is 11.5. The molecular formula is C12H24N2O3. The van der Waals surface area contributed by atoms with Crippen molar-refractivity contribution >= 4 is 11.9 Å². The Bertz CT molecular complexity index is 266. The van der Waals surface area contributed by atoms with Gasteiger partial charge in [0.2, 0.25) is 5.91 Å². The van der Waals surface area contributed by atoms with E-state index < -0.39 is 18.1 Å². The van der Waals surface area contributed by atoms with E-state index in [2.05, 4.69) is 5.32 Å². The van der Waals surface area contributed by atoms with Crippen molar-refractivity contribution in [2.45, 2.75) is 52.6 Å². The first-order chi connectivity index (χ1) is 7.79. The predicted octanol–water partition coefficient (Wildman–Crippen LogP) is 0.975. The van der Waals surface area contributed by atoms with Gasteiger partial charge in [-0.15, -0.1) is 0 Å². The Kier molecular flexibility index (Phi) is 6.80. The molecule has 4 N–H and O–H groups in total. The van der Waals surface area contributed by atoms with E-state index in [4.69, 9.17) is 10.8 Å². The lowest BCUT2D eigenvalue weighted by molar-refractivity contribution is -0.143. The van der Waals surface area contributed by atoms with Gasteiger partial charge in [0, 0.05) is 0 Å². The molecule has 1 amide bonds. The van der Waals surface area contributed by atoms with E-state index in [1.54, 1.807) is 6.92 Å². The first kappa shape index (κ1) is 15.9. The van der Waals surface area contributed by atoms with Gasteiger partial charge in [-0.2, -0.15) is 0 Å². The number of carboxylic acid groups (broad SMARTS) is 1. The highest BCUT2D eigenvalue weighted by molar-refractivity contribution is 5.86. The molecule has 0 rings (SSSR count). The minimum atomic E-state index is -1.01. The fraction of sp³-hybridized carbons (Fsp3) is 0.833. The van der Waals surface area contributed by atoms with Crippen LogP contribution in [0.25, 0.3) is 0 Å². The van der Waals surface area contributed by atoms with Crippen molar-refractivity contribution in [3.05, 3.63) is 0 Å². The Hall–Kier alpha value is -1.10. The zero-order valence-electron chi connectivity index (χ0n) is 11.1. The highest BCUT2D eigenvalue weighted by Crippen LogP contribution is 2.09. The molecule has 0 heterocycles. The molecule has 0 radical (unpaired) electrons. The largest absolute Gasteiger partial charge is 0.480 e. The summed E-state index contributed by atoms with van der Waals surface area (Å²) in [5.41, 5.74) is 5.70. The molecule has 0 aliphatic heterocycles. The summed E-state index contributed by atoms with van der Waals surface area (Å²) < 4.78 is 0. The van der Waals surface area contributed by atoms with Crippen LogP contribution in [0.3, 0.4) is 0 Å². The average Bonchev–Trinajstić information content (AvgIpc) is 2.22. The van der Waals surface area contributed by atoms with Gasteiger partial charge >= 0.3 is 5.97 Å². The van der Waals surface area contributed by atoms with E-state index in [1.165, 1.54) is 0 Å². The molecule has 0 saturated carbocycles. The van der Waals surface area contributed by atoms with E-state index >= 15 is 0 Å². The SMILES string of the molecule is CC[C@@H](C)[C@H](NC(=O)[C@@H](N)CC(C)C)C(=O)O. The molecule has 0 unspecified atom stereocenters. The van der Waals surface area contributed by atoms with Gasteiger partial charge in [-0.1, -0.05) is 34.1 Å². The molecule has 5 nitrogen and oxygen atoms in total. The van der Waals surface area contributed by atoms with Gasteiger partial charge < -0.3 is 16.2 Å². The number of nitrogens with two attached hydrogens (primary N) is 1. The second-order valence-electron chi connectivity index (χ2n) is 4.95. The Morgan fingerprint density at radius 1 is 1.29 bits per heavy atom. The van der Waals surface area contributed by atoms with Crippen molar-refractivity contribution < 1.29 is 14.7 Å². The topological polar surface area (TPSA) is 92.4 Å². The van der Waals surface area contributed by atoms with E-state index in [0.717, 1.165) is 0 Å². The monoisotopic (exact) mass is 244 g/mol. The molecule has 0 fully saturated rings. The third-order valence-corrected chi connectivity index (χ3v) is 2.84. The number of hydrogen-bond donors (Lipinski definition) is 3. The third kappa shape index (κ3) is 5.68. The lowest BCUT2D eigenvalue weighted by atomic mass is 9.98. The van der Waals surface area contributed by atoms with Crippen LogP contribution in [0.4, 0.5) is 0 Å². The molecule has 0 aliphatic rings. The molecule has 0 aliphatic carbocycles.